The Morgan fingerprint density at radius 1 is 1.38 bits per heavy atom. The SMILES string of the molecule is Nc1ccc(C=CCCCl)c(Cl)c1. The molecule has 1 aromatic rings. The van der Waals surface area contributed by atoms with Gasteiger partial charge < -0.3 is 5.73 Å². The maximum absolute atomic E-state index is 5.94. The number of alkyl halides is 1. The van der Waals surface area contributed by atoms with Crippen LogP contribution in [-0.2, 0) is 0 Å². The third kappa shape index (κ3) is 3.29. The molecule has 1 rings (SSSR count). The molecular formula is C10H11Cl2N. The summed E-state index contributed by atoms with van der Waals surface area (Å²) in [6, 6.07) is 5.45. The maximum atomic E-state index is 5.94. The van der Waals surface area contributed by atoms with Gasteiger partial charge in [-0.05, 0) is 24.1 Å². The number of rotatable bonds is 3. The van der Waals surface area contributed by atoms with Crippen molar-refractivity contribution in [3.05, 3.63) is 34.9 Å². The first kappa shape index (κ1) is 10.4. The molecule has 0 fully saturated rings. The fraction of sp³-hybridized carbons (Fsp3) is 0.200. The third-order valence-corrected chi connectivity index (χ3v) is 2.14. The highest BCUT2D eigenvalue weighted by atomic mass is 35.5. The molecule has 0 aliphatic rings. The molecule has 0 saturated carbocycles. The van der Waals surface area contributed by atoms with Crippen LogP contribution >= 0.6 is 23.2 Å². The van der Waals surface area contributed by atoms with E-state index in [9.17, 15) is 0 Å². The first-order valence-electron chi connectivity index (χ1n) is 4.01. The molecule has 2 N–H and O–H groups in total. The average molecular weight is 216 g/mol. The van der Waals surface area contributed by atoms with Crippen LogP contribution in [0, 0.1) is 0 Å². The highest BCUT2D eigenvalue weighted by Crippen LogP contribution is 2.20. The predicted molar refractivity (Wildman–Crippen MR) is 60.2 cm³/mol. The summed E-state index contributed by atoms with van der Waals surface area (Å²) >= 11 is 11.5. The van der Waals surface area contributed by atoms with Crippen LogP contribution in [0.3, 0.4) is 0 Å². The molecule has 0 spiro atoms. The van der Waals surface area contributed by atoms with Crippen LogP contribution in [0.2, 0.25) is 5.02 Å². The van der Waals surface area contributed by atoms with Crippen molar-refractivity contribution < 1.29 is 0 Å². The molecule has 0 radical (unpaired) electrons. The van der Waals surface area contributed by atoms with E-state index >= 15 is 0 Å². The highest BCUT2D eigenvalue weighted by Gasteiger charge is 1.95. The van der Waals surface area contributed by atoms with Gasteiger partial charge in [0.25, 0.3) is 0 Å². The highest BCUT2D eigenvalue weighted by molar-refractivity contribution is 6.32. The Labute approximate surface area is 88.1 Å². The lowest BCUT2D eigenvalue weighted by atomic mass is 10.2. The summed E-state index contributed by atoms with van der Waals surface area (Å²) in [5.41, 5.74) is 7.21. The first-order valence-corrected chi connectivity index (χ1v) is 4.93. The fourth-order valence-corrected chi connectivity index (χ4v) is 1.33. The summed E-state index contributed by atoms with van der Waals surface area (Å²) < 4.78 is 0. The molecule has 1 nitrogen and oxygen atoms in total. The lowest BCUT2D eigenvalue weighted by Gasteiger charge is -1.98. The van der Waals surface area contributed by atoms with Crippen molar-refractivity contribution in [1.82, 2.24) is 0 Å². The summed E-state index contributed by atoms with van der Waals surface area (Å²) in [6.07, 6.45) is 4.79. The predicted octanol–water partition coefficient (Wildman–Crippen LogP) is 3.56. The Balaban J connectivity index is 2.77. The van der Waals surface area contributed by atoms with E-state index in [1.54, 1.807) is 6.07 Å². The summed E-state index contributed by atoms with van der Waals surface area (Å²) in [4.78, 5) is 0. The van der Waals surface area contributed by atoms with E-state index in [2.05, 4.69) is 0 Å². The summed E-state index contributed by atoms with van der Waals surface area (Å²) in [7, 11) is 0. The number of benzene rings is 1. The zero-order valence-corrected chi connectivity index (χ0v) is 8.65. The second-order valence-corrected chi connectivity index (χ2v) is 3.45. The zero-order chi connectivity index (χ0) is 9.68. The van der Waals surface area contributed by atoms with Gasteiger partial charge in [-0.2, -0.15) is 0 Å². The van der Waals surface area contributed by atoms with Crippen molar-refractivity contribution >= 4 is 35.0 Å². The smallest absolute Gasteiger partial charge is 0.0498 e. The van der Waals surface area contributed by atoms with E-state index in [1.807, 2.05) is 24.3 Å². The molecule has 0 aromatic heterocycles. The van der Waals surface area contributed by atoms with Crippen LogP contribution in [0.5, 0.6) is 0 Å². The number of halogens is 2. The maximum Gasteiger partial charge on any atom is 0.0498 e. The normalized spacial score (nSPS) is 10.9. The van der Waals surface area contributed by atoms with Crippen LogP contribution < -0.4 is 5.73 Å². The molecule has 0 bridgehead atoms. The molecule has 0 atom stereocenters. The average Bonchev–Trinajstić information content (AvgIpc) is 2.09. The summed E-state index contributed by atoms with van der Waals surface area (Å²) in [5.74, 6) is 0.628. The van der Waals surface area contributed by atoms with E-state index in [0.29, 0.717) is 16.6 Å². The summed E-state index contributed by atoms with van der Waals surface area (Å²) in [5, 5.41) is 0.672. The van der Waals surface area contributed by atoms with Crippen molar-refractivity contribution in [2.24, 2.45) is 0 Å². The molecular weight excluding hydrogens is 205 g/mol. The van der Waals surface area contributed by atoms with E-state index in [1.165, 1.54) is 0 Å². The lowest BCUT2D eigenvalue weighted by Crippen LogP contribution is -1.84. The second-order valence-electron chi connectivity index (χ2n) is 2.66. The molecule has 0 aliphatic heterocycles. The van der Waals surface area contributed by atoms with Gasteiger partial charge in [0.15, 0.2) is 0 Å². The Kier molecular flexibility index (Phi) is 4.13. The number of anilines is 1. The molecule has 0 unspecified atom stereocenters. The number of nitrogen functional groups attached to an aromatic ring is 1. The van der Waals surface area contributed by atoms with Gasteiger partial charge >= 0.3 is 0 Å². The van der Waals surface area contributed by atoms with Gasteiger partial charge in [-0.25, -0.2) is 0 Å². The lowest BCUT2D eigenvalue weighted by molar-refractivity contribution is 1.24. The minimum absolute atomic E-state index is 0.628. The topological polar surface area (TPSA) is 26.0 Å². The monoisotopic (exact) mass is 215 g/mol. The Bertz CT molecular complexity index is 308. The molecule has 0 saturated heterocycles. The first-order chi connectivity index (χ1) is 6.24. The van der Waals surface area contributed by atoms with Crippen molar-refractivity contribution in [2.45, 2.75) is 6.42 Å². The van der Waals surface area contributed by atoms with Gasteiger partial charge in [-0.15, -0.1) is 11.6 Å². The number of hydrogen-bond donors (Lipinski definition) is 1. The van der Waals surface area contributed by atoms with E-state index in [0.717, 1.165) is 12.0 Å². The summed E-state index contributed by atoms with van der Waals surface area (Å²) in [6.45, 7) is 0. The van der Waals surface area contributed by atoms with Gasteiger partial charge in [-0.1, -0.05) is 29.8 Å². The molecule has 0 amide bonds. The van der Waals surface area contributed by atoms with Gasteiger partial charge in [0.05, 0.1) is 0 Å². The van der Waals surface area contributed by atoms with Crippen molar-refractivity contribution in [1.29, 1.82) is 0 Å². The second kappa shape index (κ2) is 5.15. The van der Waals surface area contributed by atoms with E-state index in [-0.39, 0.29) is 0 Å². The largest absolute Gasteiger partial charge is 0.399 e. The number of hydrogen-bond acceptors (Lipinski definition) is 1. The quantitative estimate of drug-likeness (QED) is 0.606. The molecule has 3 heteroatoms. The van der Waals surface area contributed by atoms with Crippen LogP contribution in [0.1, 0.15) is 12.0 Å². The molecule has 0 aliphatic carbocycles. The van der Waals surface area contributed by atoms with Gasteiger partial charge in [0.1, 0.15) is 0 Å². The Morgan fingerprint density at radius 3 is 2.77 bits per heavy atom. The van der Waals surface area contributed by atoms with Crippen LogP contribution in [0.25, 0.3) is 6.08 Å². The minimum Gasteiger partial charge on any atom is -0.399 e. The number of nitrogens with two attached hydrogens (primary N) is 1. The zero-order valence-electron chi connectivity index (χ0n) is 7.13. The van der Waals surface area contributed by atoms with Crippen LogP contribution in [0.4, 0.5) is 5.69 Å². The molecule has 13 heavy (non-hydrogen) atoms. The molecule has 70 valence electrons. The van der Waals surface area contributed by atoms with Gasteiger partial charge in [0.2, 0.25) is 0 Å². The third-order valence-electron chi connectivity index (χ3n) is 1.60. The van der Waals surface area contributed by atoms with Gasteiger partial charge in [-0.3, -0.25) is 0 Å². The van der Waals surface area contributed by atoms with Crippen molar-refractivity contribution in [3.8, 4) is 0 Å². The number of allylic oxidation sites excluding steroid dienone is 1. The fourth-order valence-electron chi connectivity index (χ4n) is 0.952. The van der Waals surface area contributed by atoms with E-state index in [4.69, 9.17) is 28.9 Å². The minimum atomic E-state index is 0.628. The standard InChI is InChI=1S/C10H11Cl2N/c11-6-2-1-3-8-4-5-9(13)7-10(8)12/h1,3-5,7H,2,6,13H2. The van der Waals surface area contributed by atoms with Crippen LogP contribution in [0.15, 0.2) is 24.3 Å². The van der Waals surface area contributed by atoms with Crippen molar-refractivity contribution in [2.75, 3.05) is 11.6 Å². The Morgan fingerprint density at radius 2 is 2.15 bits per heavy atom. The Hall–Kier alpha value is -0.660. The van der Waals surface area contributed by atoms with Crippen LogP contribution in [-0.4, -0.2) is 5.88 Å². The van der Waals surface area contributed by atoms with Gasteiger partial charge in [0, 0.05) is 16.6 Å². The van der Waals surface area contributed by atoms with Crippen molar-refractivity contribution in [3.63, 3.8) is 0 Å². The van der Waals surface area contributed by atoms with E-state index < -0.39 is 0 Å². The molecule has 1 aromatic carbocycles. The molecule has 0 heterocycles.